The van der Waals surface area contributed by atoms with E-state index < -0.39 is 206 Å². The van der Waals surface area contributed by atoms with Gasteiger partial charge in [0.05, 0.1) is 25.4 Å². The largest absolute Gasteiger partial charge is 0.481 e. The van der Waals surface area contributed by atoms with Gasteiger partial charge in [0.25, 0.3) is 0 Å². The number of carbonyl (C=O) groups is 15. The SMILES string of the molecule is CC[C@H](C)[C@H](N)C(=O)N[C@@H](CO)C(=O)N[C@@H](CCC(=O)O)C(=O)N[C@H](C(=O)N[C@@H](CCSC)C(=O)N[C@@H](CC(C)C)C(=O)N[C@@H](CC(=O)O)C(=O)N[C@@H](C)C(=O)N[C@@H](CCC(=O)O)C(=O)N[C@@H](Cc1ccccc1)C(=O)N[C@@H](CCCN=C(N)N)C(=O)N[C@@H](Cc1cnc[nH]1)C(N)=O)C(C)C. The summed E-state index contributed by atoms with van der Waals surface area (Å²) in [5.41, 5.74) is 23.5. The van der Waals surface area contributed by atoms with Crippen LogP contribution in [-0.4, -0.2) is 223 Å². The van der Waals surface area contributed by atoms with Crippen LogP contribution in [0.4, 0.5) is 0 Å². The van der Waals surface area contributed by atoms with E-state index in [1.807, 2.05) is 0 Å². The number of primary amides is 1. The number of aliphatic imine (C=N–C) groups is 1. The van der Waals surface area contributed by atoms with Gasteiger partial charge in [-0.25, -0.2) is 4.98 Å². The van der Waals surface area contributed by atoms with Crippen LogP contribution < -0.4 is 81.4 Å². The molecule has 1 aromatic heterocycles. The molecule has 0 radical (unpaired) electrons. The molecule has 562 valence electrons. The number of H-pyrrole nitrogens is 1. The van der Waals surface area contributed by atoms with Crippen molar-refractivity contribution in [1.82, 2.24) is 68.5 Å². The van der Waals surface area contributed by atoms with Crippen molar-refractivity contribution in [3.05, 3.63) is 54.1 Å². The molecule has 0 aliphatic carbocycles. The fourth-order valence-corrected chi connectivity index (χ4v) is 10.1. The van der Waals surface area contributed by atoms with Crippen molar-refractivity contribution >= 4 is 107 Å². The molecule has 0 aliphatic rings. The Labute approximate surface area is 588 Å². The lowest BCUT2D eigenvalue weighted by atomic mass is 9.99. The maximum Gasteiger partial charge on any atom is 0.305 e. The summed E-state index contributed by atoms with van der Waals surface area (Å²) < 4.78 is 0. The summed E-state index contributed by atoms with van der Waals surface area (Å²) in [4.78, 5) is 212. The summed E-state index contributed by atoms with van der Waals surface area (Å²) in [5, 5.41) is 65.9. The first-order valence-electron chi connectivity index (χ1n) is 32.7. The predicted molar refractivity (Wildman–Crippen MR) is 366 cm³/mol. The average molecular weight is 1450 g/mol. The molecular formula is C63H100N18O19S. The number of carboxylic acids is 3. The van der Waals surface area contributed by atoms with E-state index in [9.17, 15) is 92.3 Å². The van der Waals surface area contributed by atoms with E-state index in [1.54, 1.807) is 64.3 Å². The third kappa shape index (κ3) is 32.7. The topological polar surface area (TPSA) is 614 Å². The normalized spacial score (nSPS) is 15.0. The second kappa shape index (κ2) is 44.9. The first kappa shape index (κ1) is 87.1. The highest BCUT2D eigenvalue weighted by Crippen LogP contribution is 2.14. The first-order chi connectivity index (χ1) is 47.5. The van der Waals surface area contributed by atoms with E-state index in [2.05, 4.69) is 73.4 Å². The molecule has 1 aromatic carbocycles. The number of benzene rings is 1. The number of hydrogen-bond donors (Lipinski definition) is 20. The van der Waals surface area contributed by atoms with E-state index in [-0.39, 0.29) is 68.6 Å². The molecule has 101 heavy (non-hydrogen) atoms. The molecule has 1 heterocycles. The van der Waals surface area contributed by atoms with Crippen molar-refractivity contribution < 1.29 is 92.3 Å². The van der Waals surface area contributed by atoms with Crippen LogP contribution in [0.15, 0.2) is 47.8 Å². The highest BCUT2D eigenvalue weighted by molar-refractivity contribution is 7.98. The number of guanidine groups is 1. The molecule has 0 spiro atoms. The predicted octanol–water partition coefficient (Wildman–Crippen LogP) is -4.89. The number of imidazole rings is 1. The van der Waals surface area contributed by atoms with Crippen LogP contribution in [0.1, 0.15) is 124 Å². The Balaban J connectivity index is 2.43. The monoisotopic (exact) mass is 1440 g/mol. The van der Waals surface area contributed by atoms with Crippen molar-refractivity contribution in [2.45, 2.75) is 198 Å². The van der Waals surface area contributed by atoms with E-state index in [1.165, 1.54) is 38.1 Å². The van der Waals surface area contributed by atoms with Gasteiger partial charge in [0.1, 0.15) is 66.5 Å². The van der Waals surface area contributed by atoms with Crippen LogP contribution in [0, 0.1) is 17.8 Å². The van der Waals surface area contributed by atoms with Gasteiger partial charge in [0.15, 0.2) is 5.96 Å². The smallest absolute Gasteiger partial charge is 0.305 e. The summed E-state index contributed by atoms with van der Waals surface area (Å²) in [6, 6.07) is -10.3. The maximum absolute atomic E-state index is 14.4. The highest BCUT2D eigenvalue weighted by atomic mass is 32.2. The van der Waals surface area contributed by atoms with Gasteiger partial charge in [-0.2, -0.15) is 11.8 Å². The van der Waals surface area contributed by atoms with Gasteiger partial charge in [0.2, 0.25) is 70.9 Å². The third-order valence-electron chi connectivity index (χ3n) is 15.7. The van der Waals surface area contributed by atoms with Crippen LogP contribution in [-0.2, 0) is 84.8 Å². The molecular weight excluding hydrogens is 1340 g/mol. The van der Waals surface area contributed by atoms with Gasteiger partial charge in [-0.3, -0.25) is 76.9 Å². The van der Waals surface area contributed by atoms with Crippen LogP contribution in [0.25, 0.3) is 0 Å². The Morgan fingerprint density at radius 3 is 1.50 bits per heavy atom. The van der Waals surface area contributed by atoms with E-state index in [0.717, 1.165) is 6.92 Å². The summed E-state index contributed by atoms with van der Waals surface area (Å²) >= 11 is 1.27. The number of nitrogens with one attached hydrogen (secondary N) is 12. The molecule has 37 nitrogen and oxygen atoms in total. The lowest BCUT2D eigenvalue weighted by molar-refractivity contribution is -0.142. The number of aliphatic carboxylic acids is 3. The van der Waals surface area contributed by atoms with Gasteiger partial charge in [0, 0.05) is 44.1 Å². The van der Waals surface area contributed by atoms with Crippen molar-refractivity contribution in [2.24, 2.45) is 45.7 Å². The minimum absolute atomic E-state index is 0.00156. The number of nitrogens with zero attached hydrogens (tertiary/aromatic N) is 2. The number of hydrogen-bond acceptors (Lipinski definition) is 20. The van der Waals surface area contributed by atoms with Crippen LogP contribution >= 0.6 is 11.8 Å². The number of aromatic amines is 1. The molecule has 2 rings (SSSR count). The van der Waals surface area contributed by atoms with Gasteiger partial charge in [-0.05, 0) is 80.8 Å². The second-order valence-electron chi connectivity index (χ2n) is 24.8. The van der Waals surface area contributed by atoms with E-state index >= 15 is 0 Å². The molecule has 0 aliphatic heterocycles. The van der Waals surface area contributed by atoms with Crippen molar-refractivity contribution in [2.75, 3.05) is 25.2 Å². The minimum atomic E-state index is -1.96. The molecule has 0 unspecified atom stereocenters. The van der Waals surface area contributed by atoms with Crippen LogP contribution in [0.5, 0.6) is 0 Å². The number of aliphatic hydroxyl groups is 1. The van der Waals surface area contributed by atoms with Gasteiger partial charge < -0.3 is 107 Å². The third-order valence-corrected chi connectivity index (χ3v) is 16.3. The summed E-state index contributed by atoms with van der Waals surface area (Å²) in [7, 11) is 0. The summed E-state index contributed by atoms with van der Waals surface area (Å²) in [5.74, 6) is -18.0. The first-order valence-corrected chi connectivity index (χ1v) is 34.1. The number of rotatable bonds is 48. The van der Waals surface area contributed by atoms with Gasteiger partial charge in [-0.15, -0.1) is 0 Å². The van der Waals surface area contributed by atoms with Crippen LogP contribution in [0.3, 0.4) is 0 Å². The molecule has 13 atom stereocenters. The lowest BCUT2D eigenvalue weighted by Gasteiger charge is -2.29. The van der Waals surface area contributed by atoms with Crippen molar-refractivity contribution in [1.29, 1.82) is 0 Å². The average Bonchev–Trinajstić information content (AvgIpc) is 1.02. The van der Waals surface area contributed by atoms with Crippen molar-refractivity contribution in [3.63, 3.8) is 0 Å². The Hall–Kier alpha value is -9.98. The number of carbonyl (C=O) groups excluding carboxylic acids is 12. The van der Waals surface area contributed by atoms with Crippen molar-refractivity contribution in [3.8, 4) is 0 Å². The fraction of sp³-hybridized carbons (Fsp3) is 0.603. The quantitative estimate of drug-likeness (QED) is 0.0168. The molecule has 0 fully saturated rings. The maximum atomic E-state index is 14.4. The number of carboxylic acid groups (broad SMARTS) is 3. The number of aliphatic hydroxyl groups excluding tert-OH is 1. The number of amides is 12. The number of thioether (sulfide) groups is 1. The molecule has 0 bridgehead atoms. The van der Waals surface area contributed by atoms with Gasteiger partial charge >= 0.3 is 17.9 Å². The standard InChI is InChI=1S/C63H100N18O19S/c1-9-33(6)49(64)61(99)80-45(29-82)60(98)74-39(18-20-47(85)86)56(94)81-50(32(4)5)62(100)75-40(21-23-101-8)55(93)77-42(24-31(2)3)58(96)79-44(27-48(87)88)57(95)71-34(7)52(90)72-38(17-19-46(83)84)54(92)78-43(25-35-14-11-10-12-15-35)59(97)73-37(16-13-22-69-63(66)67)53(91)76-41(51(65)89)26-36-28-68-30-70-36/h10-12,14-15,28,30-34,37-45,49-50,82H,9,13,16-27,29,64H2,1-8H3,(H2,65,89)(H,68,70)(H,71,95)(H,72,90)(H,73,97)(H,74,98)(H,75,100)(H,76,91)(H,77,93)(H,78,92)(H,79,96)(H,80,99)(H,81,94)(H,83,84)(H,85,86)(H,87,88)(H4,66,67,69)/t33-,34-,37-,38-,39-,40-,41-,42-,43-,44-,45-,49-,50-/m0/s1. The molecule has 0 saturated carbocycles. The Bertz CT molecular complexity index is 3160. The van der Waals surface area contributed by atoms with E-state index in [4.69, 9.17) is 22.9 Å². The second-order valence-corrected chi connectivity index (χ2v) is 25.8. The Morgan fingerprint density at radius 2 is 1.00 bits per heavy atom. The fourth-order valence-electron chi connectivity index (χ4n) is 9.67. The molecule has 38 heteroatoms. The Kier molecular flexibility index (Phi) is 38.7. The van der Waals surface area contributed by atoms with Crippen LogP contribution in [0.2, 0.25) is 0 Å². The lowest BCUT2D eigenvalue weighted by Crippen LogP contribution is -2.61. The zero-order valence-corrected chi connectivity index (χ0v) is 58.6. The minimum Gasteiger partial charge on any atom is -0.481 e. The molecule has 2 aromatic rings. The zero-order chi connectivity index (χ0) is 76.2. The number of aromatic nitrogens is 2. The summed E-state index contributed by atoms with van der Waals surface area (Å²) in [6.07, 6.45) is 0.743. The number of nitrogens with two attached hydrogens (primary N) is 4. The van der Waals surface area contributed by atoms with E-state index in [0.29, 0.717) is 17.7 Å². The summed E-state index contributed by atoms with van der Waals surface area (Å²) in [6.45, 7) is 10.0. The molecule has 0 saturated heterocycles. The van der Waals surface area contributed by atoms with Gasteiger partial charge in [-0.1, -0.05) is 78.3 Å². The Morgan fingerprint density at radius 1 is 0.535 bits per heavy atom. The highest BCUT2D eigenvalue weighted by Gasteiger charge is 2.38. The molecule has 12 amide bonds. The zero-order valence-electron chi connectivity index (χ0n) is 57.8. The molecule has 24 N–H and O–H groups in total.